The maximum Gasteiger partial charge on any atom is 0.0603 e. The fourth-order valence-electron chi connectivity index (χ4n) is 9.08. The summed E-state index contributed by atoms with van der Waals surface area (Å²) in [5.74, 6) is 5.78. The zero-order chi connectivity index (χ0) is 21.0. The van der Waals surface area contributed by atoms with Gasteiger partial charge in [-0.25, -0.2) is 0 Å². The second kappa shape index (κ2) is 7.99. The van der Waals surface area contributed by atoms with E-state index in [-0.39, 0.29) is 6.10 Å². The highest BCUT2D eigenvalue weighted by molar-refractivity contribution is 5.27. The normalized spacial score (nSPS) is 47.9. The SMILES string of the molecule is CC(C)CCC[C@@H](C)[C@H]1CC[C@H]2[C@@H]3CC=C4C(C)[C@@H](O)CC[C@]4(C)[C@H]3CC[C@]12C. The zero-order valence-corrected chi connectivity index (χ0v) is 20.2. The fraction of sp³-hybridized carbons (Fsp3) is 0.929. The molecule has 29 heavy (non-hydrogen) atoms. The van der Waals surface area contributed by atoms with Crippen molar-refractivity contribution in [2.45, 2.75) is 112 Å². The lowest BCUT2D eigenvalue weighted by Crippen LogP contribution is -2.52. The third-order valence-electron chi connectivity index (χ3n) is 10.8. The minimum atomic E-state index is -0.109. The molecule has 1 unspecified atom stereocenters. The van der Waals surface area contributed by atoms with Crippen LogP contribution in [0.25, 0.3) is 0 Å². The van der Waals surface area contributed by atoms with Gasteiger partial charge >= 0.3 is 0 Å². The average molecular weight is 401 g/mol. The smallest absolute Gasteiger partial charge is 0.0603 e. The molecule has 166 valence electrons. The Bertz CT molecular complexity index is 620. The molecule has 0 radical (unpaired) electrons. The number of hydrogen-bond donors (Lipinski definition) is 1. The molecule has 4 aliphatic carbocycles. The van der Waals surface area contributed by atoms with Crippen LogP contribution in [0.1, 0.15) is 106 Å². The molecule has 0 amide bonds. The van der Waals surface area contributed by atoms with E-state index in [2.05, 4.69) is 47.6 Å². The van der Waals surface area contributed by atoms with Gasteiger partial charge in [0.25, 0.3) is 0 Å². The van der Waals surface area contributed by atoms with E-state index in [0.29, 0.717) is 16.7 Å². The van der Waals surface area contributed by atoms with Crippen molar-refractivity contribution < 1.29 is 5.11 Å². The Hall–Kier alpha value is -0.300. The van der Waals surface area contributed by atoms with Crippen molar-refractivity contribution in [2.75, 3.05) is 0 Å². The Labute approximate surface area is 181 Å². The van der Waals surface area contributed by atoms with Gasteiger partial charge in [-0.15, -0.1) is 0 Å². The molecule has 0 saturated heterocycles. The lowest BCUT2D eigenvalue weighted by molar-refractivity contribution is -0.0644. The minimum absolute atomic E-state index is 0.109. The lowest BCUT2D eigenvalue weighted by Gasteiger charge is -2.59. The van der Waals surface area contributed by atoms with Gasteiger partial charge in [0.1, 0.15) is 0 Å². The quantitative estimate of drug-likeness (QED) is 0.470. The summed E-state index contributed by atoms with van der Waals surface area (Å²) in [5.41, 5.74) is 2.57. The molecule has 0 bridgehead atoms. The molecule has 4 aliphatic rings. The van der Waals surface area contributed by atoms with Crippen molar-refractivity contribution >= 4 is 0 Å². The molecule has 1 nitrogen and oxygen atoms in total. The van der Waals surface area contributed by atoms with E-state index in [0.717, 1.165) is 41.9 Å². The van der Waals surface area contributed by atoms with Gasteiger partial charge in [-0.3, -0.25) is 0 Å². The molecule has 0 aromatic rings. The van der Waals surface area contributed by atoms with E-state index >= 15 is 0 Å². The van der Waals surface area contributed by atoms with E-state index in [1.54, 1.807) is 5.57 Å². The highest BCUT2D eigenvalue weighted by Crippen LogP contribution is 2.67. The van der Waals surface area contributed by atoms with Gasteiger partial charge in [-0.05, 0) is 91.3 Å². The topological polar surface area (TPSA) is 20.2 Å². The number of aliphatic hydroxyl groups is 1. The number of rotatable bonds is 5. The first kappa shape index (κ1) is 21.9. The third kappa shape index (κ3) is 3.56. The second-order valence-electron chi connectivity index (χ2n) is 12.6. The molecular weight excluding hydrogens is 352 g/mol. The van der Waals surface area contributed by atoms with Crippen molar-refractivity contribution in [3.63, 3.8) is 0 Å². The maximum absolute atomic E-state index is 10.5. The molecule has 1 N–H and O–H groups in total. The van der Waals surface area contributed by atoms with Crippen LogP contribution >= 0.6 is 0 Å². The van der Waals surface area contributed by atoms with Crippen LogP contribution < -0.4 is 0 Å². The maximum atomic E-state index is 10.5. The molecule has 0 aliphatic heterocycles. The Balaban J connectivity index is 1.51. The van der Waals surface area contributed by atoms with Crippen molar-refractivity contribution in [3.8, 4) is 0 Å². The summed E-state index contributed by atoms with van der Waals surface area (Å²) in [4.78, 5) is 0. The van der Waals surface area contributed by atoms with Crippen LogP contribution in [0, 0.1) is 52.3 Å². The Morgan fingerprint density at radius 3 is 2.48 bits per heavy atom. The molecule has 3 saturated carbocycles. The summed E-state index contributed by atoms with van der Waals surface area (Å²) in [7, 11) is 0. The molecule has 0 heterocycles. The summed E-state index contributed by atoms with van der Waals surface area (Å²) in [5, 5.41) is 10.5. The first-order valence-electron chi connectivity index (χ1n) is 13.1. The highest BCUT2D eigenvalue weighted by atomic mass is 16.3. The van der Waals surface area contributed by atoms with E-state index in [4.69, 9.17) is 0 Å². The molecule has 0 aromatic heterocycles. The van der Waals surface area contributed by atoms with Gasteiger partial charge in [-0.1, -0.05) is 72.5 Å². The summed E-state index contributed by atoms with van der Waals surface area (Å²) >= 11 is 0. The monoisotopic (exact) mass is 400 g/mol. The molecule has 0 aromatic carbocycles. The molecule has 3 fully saturated rings. The van der Waals surface area contributed by atoms with Gasteiger partial charge in [-0.2, -0.15) is 0 Å². The van der Waals surface area contributed by atoms with Crippen LogP contribution in [-0.4, -0.2) is 11.2 Å². The third-order valence-corrected chi connectivity index (χ3v) is 10.8. The fourth-order valence-corrected chi connectivity index (χ4v) is 9.08. The van der Waals surface area contributed by atoms with Crippen molar-refractivity contribution in [1.82, 2.24) is 0 Å². The number of hydrogen-bond acceptors (Lipinski definition) is 1. The van der Waals surface area contributed by atoms with Crippen LogP contribution in [-0.2, 0) is 0 Å². The van der Waals surface area contributed by atoms with Crippen LogP contribution in [0.3, 0.4) is 0 Å². The standard InChI is InChI=1S/C28H48O/c1-18(2)8-7-9-19(3)22-12-13-24-21-10-11-23-20(4)26(29)15-17-28(23,6)25(21)14-16-27(22,24)5/h11,18-22,24-26,29H,7-10,12-17H2,1-6H3/t19-,20?,21+,22-,24+,25+,26+,27-,28+/m1/s1. The van der Waals surface area contributed by atoms with E-state index in [1.165, 1.54) is 57.8 Å². The van der Waals surface area contributed by atoms with Crippen LogP contribution in [0.5, 0.6) is 0 Å². The first-order chi connectivity index (χ1) is 13.7. The molecule has 9 atom stereocenters. The lowest BCUT2D eigenvalue weighted by atomic mass is 9.46. The Kier molecular flexibility index (Phi) is 6.04. The van der Waals surface area contributed by atoms with E-state index in [1.807, 2.05) is 0 Å². The van der Waals surface area contributed by atoms with Crippen LogP contribution in [0.15, 0.2) is 11.6 Å². The first-order valence-corrected chi connectivity index (χ1v) is 13.1. The van der Waals surface area contributed by atoms with Crippen LogP contribution in [0.2, 0.25) is 0 Å². The predicted octanol–water partition coefficient (Wildman–Crippen LogP) is 7.63. The minimum Gasteiger partial charge on any atom is -0.393 e. The summed E-state index contributed by atoms with van der Waals surface area (Å²) < 4.78 is 0. The molecule has 0 spiro atoms. The van der Waals surface area contributed by atoms with Crippen LogP contribution in [0.4, 0.5) is 0 Å². The second-order valence-corrected chi connectivity index (χ2v) is 12.6. The van der Waals surface area contributed by atoms with Crippen molar-refractivity contribution in [1.29, 1.82) is 0 Å². The summed E-state index contributed by atoms with van der Waals surface area (Å²) in [6, 6.07) is 0. The van der Waals surface area contributed by atoms with Crippen molar-refractivity contribution in [2.24, 2.45) is 52.3 Å². The van der Waals surface area contributed by atoms with Crippen molar-refractivity contribution in [3.05, 3.63) is 11.6 Å². The predicted molar refractivity (Wildman–Crippen MR) is 124 cm³/mol. The van der Waals surface area contributed by atoms with Gasteiger partial charge in [0.2, 0.25) is 0 Å². The van der Waals surface area contributed by atoms with Gasteiger partial charge in [0, 0.05) is 5.92 Å². The molecular formula is C28H48O. The van der Waals surface area contributed by atoms with E-state index in [9.17, 15) is 5.11 Å². The molecule has 4 rings (SSSR count). The number of aliphatic hydroxyl groups excluding tert-OH is 1. The summed E-state index contributed by atoms with van der Waals surface area (Å²) in [6.07, 6.45) is 16.1. The van der Waals surface area contributed by atoms with Gasteiger partial charge in [0.05, 0.1) is 6.10 Å². The average Bonchev–Trinajstić information content (AvgIpc) is 3.02. The summed E-state index contributed by atoms with van der Waals surface area (Å²) in [6.45, 7) is 14.9. The zero-order valence-electron chi connectivity index (χ0n) is 20.2. The molecule has 1 heteroatoms. The van der Waals surface area contributed by atoms with E-state index < -0.39 is 0 Å². The Morgan fingerprint density at radius 2 is 1.76 bits per heavy atom. The largest absolute Gasteiger partial charge is 0.393 e. The van der Waals surface area contributed by atoms with Gasteiger partial charge in [0.15, 0.2) is 0 Å². The number of fused-ring (bicyclic) bond motifs is 5. The highest BCUT2D eigenvalue weighted by Gasteiger charge is 2.59. The Morgan fingerprint density at radius 1 is 1.00 bits per heavy atom. The number of allylic oxidation sites excluding steroid dienone is 1. The van der Waals surface area contributed by atoms with Gasteiger partial charge < -0.3 is 5.11 Å².